The Morgan fingerprint density at radius 3 is 2.67 bits per heavy atom. The number of aromatic nitrogens is 2. The number of imidazole rings is 1. The van der Waals surface area contributed by atoms with Gasteiger partial charge in [-0.2, -0.15) is 0 Å². The van der Waals surface area contributed by atoms with E-state index in [4.69, 9.17) is 4.74 Å². The number of pyridine rings is 1. The molecule has 0 atom stereocenters. The van der Waals surface area contributed by atoms with Crippen molar-refractivity contribution in [1.29, 1.82) is 0 Å². The lowest BCUT2D eigenvalue weighted by Crippen LogP contribution is -1.95. The summed E-state index contributed by atoms with van der Waals surface area (Å²) in [4.78, 5) is 4.63. The zero-order valence-corrected chi connectivity index (χ0v) is 13.5. The molecule has 0 N–H and O–H groups in total. The number of ether oxygens (including phenoxy) is 1. The summed E-state index contributed by atoms with van der Waals surface area (Å²) < 4.78 is 8.74. The van der Waals surface area contributed by atoms with Crippen molar-refractivity contribution in [2.24, 2.45) is 0 Å². The van der Waals surface area contributed by atoms with Crippen LogP contribution in [0.4, 0.5) is 0 Å². The lowest BCUT2D eigenvalue weighted by Gasteiger charge is -2.05. The van der Waals surface area contributed by atoms with Gasteiger partial charge in [-0.1, -0.05) is 13.3 Å². The van der Waals surface area contributed by atoms with Gasteiger partial charge in [0, 0.05) is 22.4 Å². The average molecular weight is 345 g/mol. The summed E-state index contributed by atoms with van der Waals surface area (Å²) in [6.07, 6.45) is 6.28. The quantitative estimate of drug-likeness (QED) is 0.612. The fourth-order valence-corrected chi connectivity index (χ4v) is 2.51. The maximum atomic E-state index is 5.68. The monoisotopic (exact) mass is 344 g/mol. The van der Waals surface area contributed by atoms with Gasteiger partial charge in [0.05, 0.1) is 12.3 Å². The molecule has 2 heterocycles. The second-order valence-electron chi connectivity index (χ2n) is 4.97. The molecule has 3 nitrogen and oxygen atoms in total. The fraction of sp³-hybridized carbons (Fsp3) is 0.235. The fourth-order valence-electron chi connectivity index (χ4n) is 2.16. The molecular formula is C17H17BrN2O. The lowest BCUT2D eigenvalue weighted by molar-refractivity contribution is 0.309. The summed E-state index contributed by atoms with van der Waals surface area (Å²) in [6.45, 7) is 2.94. The first kappa shape index (κ1) is 14.1. The van der Waals surface area contributed by atoms with Gasteiger partial charge in [-0.3, -0.25) is 0 Å². The molecule has 0 bridgehead atoms. The molecule has 0 aliphatic heterocycles. The first-order valence-electron chi connectivity index (χ1n) is 7.14. The Balaban J connectivity index is 1.81. The van der Waals surface area contributed by atoms with Crippen LogP contribution in [0.15, 0.2) is 53.3 Å². The summed E-state index contributed by atoms with van der Waals surface area (Å²) in [5, 5.41) is 0. The Hall–Kier alpha value is -1.81. The van der Waals surface area contributed by atoms with E-state index in [2.05, 4.69) is 40.0 Å². The van der Waals surface area contributed by atoms with Crippen LogP contribution < -0.4 is 4.74 Å². The molecule has 0 saturated carbocycles. The van der Waals surface area contributed by atoms with Gasteiger partial charge in [-0.05, 0) is 58.7 Å². The molecule has 108 valence electrons. The Bertz CT molecular complexity index is 734. The van der Waals surface area contributed by atoms with Crippen LogP contribution in [0, 0.1) is 0 Å². The van der Waals surface area contributed by atoms with Crippen LogP contribution in [0.3, 0.4) is 0 Å². The Kier molecular flexibility index (Phi) is 4.25. The van der Waals surface area contributed by atoms with Gasteiger partial charge in [-0.15, -0.1) is 0 Å². The van der Waals surface area contributed by atoms with Crippen LogP contribution in [0.1, 0.15) is 19.8 Å². The Morgan fingerprint density at radius 2 is 1.90 bits per heavy atom. The van der Waals surface area contributed by atoms with Crippen molar-refractivity contribution >= 4 is 21.6 Å². The third kappa shape index (κ3) is 3.27. The van der Waals surface area contributed by atoms with Crippen molar-refractivity contribution in [3.05, 3.63) is 53.3 Å². The summed E-state index contributed by atoms with van der Waals surface area (Å²) in [5.41, 5.74) is 3.00. The summed E-state index contributed by atoms with van der Waals surface area (Å²) in [6, 6.07) is 12.1. The molecule has 0 amide bonds. The number of benzene rings is 1. The Labute approximate surface area is 132 Å². The molecule has 4 heteroatoms. The van der Waals surface area contributed by atoms with Crippen LogP contribution >= 0.6 is 15.9 Å². The van der Waals surface area contributed by atoms with E-state index < -0.39 is 0 Å². The first-order chi connectivity index (χ1) is 10.3. The number of nitrogens with zero attached hydrogens (tertiary/aromatic N) is 2. The summed E-state index contributed by atoms with van der Waals surface area (Å²) in [7, 11) is 0. The highest BCUT2D eigenvalue weighted by Gasteiger charge is 2.05. The van der Waals surface area contributed by atoms with Crippen LogP contribution in [-0.2, 0) is 0 Å². The largest absolute Gasteiger partial charge is 0.494 e. The van der Waals surface area contributed by atoms with Crippen LogP contribution in [-0.4, -0.2) is 16.0 Å². The highest BCUT2D eigenvalue weighted by atomic mass is 79.9. The predicted molar refractivity (Wildman–Crippen MR) is 88.7 cm³/mol. The molecule has 21 heavy (non-hydrogen) atoms. The Morgan fingerprint density at radius 1 is 1.10 bits per heavy atom. The molecule has 0 fully saturated rings. The molecule has 0 unspecified atom stereocenters. The standard InChI is InChI=1S/C17H17BrN2O/c1-2-3-10-21-15-7-4-13(5-8-15)16-12-20-11-14(18)6-9-17(20)19-16/h4-9,11-12H,2-3,10H2,1H3. The van der Waals surface area contributed by atoms with Gasteiger partial charge in [-0.25, -0.2) is 4.98 Å². The van der Waals surface area contributed by atoms with E-state index in [-0.39, 0.29) is 0 Å². The van der Waals surface area contributed by atoms with E-state index in [1.165, 1.54) is 0 Å². The predicted octanol–water partition coefficient (Wildman–Crippen LogP) is 4.94. The number of hydrogen-bond donors (Lipinski definition) is 0. The highest BCUT2D eigenvalue weighted by molar-refractivity contribution is 9.10. The second kappa shape index (κ2) is 6.31. The van der Waals surface area contributed by atoms with Crippen molar-refractivity contribution in [3.63, 3.8) is 0 Å². The van der Waals surface area contributed by atoms with E-state index in [0.717, 1.165) is 46.6 Å². The minimum absolute atomic E-state index is 0.776. The number of hydrogen-bond acceptors (Lipinski definition) is 2. The van der Waals surface area contributed by atoms with Gasteiger partial charge in [0.25, 0.3) is 0 Å². The van der Waals surface area contributed by atoms with Gasteiger partial charge >= 0.3 is 0 Å². The maximum Gasteiger partial charge on any atom is 0.137 e. The molecule has 3 aromatic rings. The smallest absolute Gasteiger partial charge is 0.137 e. The molecular weight excluding hydrogens is 328 g/mol. The molecule has 3 rings (SSSR count). The second-order valence-corrected chi connectivity index (χ2v) is 5.88. The molecule has 0 aliphatic carbocycles. The number of rotatable bonds is 5. The van der Waals surface area contributed by atoms with Gasteiger partial charge in [0.2, 0.25) is 0 Å². The van der Waals surface area contributed by atoms with E-state index >= 15 is 0 Å². The van der Waals surface area contributed by atoms with E-state index in [0.29, 0.717) is 0 Å². The van der Waals surface area contributed by atoms with Crippen molar-refractivity contribution in [3.8, 4) is 17.0 Å². The molecule has 1 aromatic carbocycles. The van der Waals surface area contributed by atoms with Crippen molar-refractivity contribution in [2.75, 3.05) is 6.61 Å². The minimum atomic E-state index is 0.776. The SMILES string of the molecule is CCCCOc1ccc(-c2cn3cc(Br)ccc3n2)cc1. The number of fused-ring (bicyclic) bond motifs is 1. The van der Waals surface area contributed by atoms with Crippen LogP contribution in [0.2, 0.25) is 0 Å². The van der Waals surface area contributed by atoms with Gasteiger partial charge in [0.1, 0.15) is 11.4 Å². The highest BCUT2D eigenvalue weighted by Crippen LogP contribution is 2.23. The zero-order valence-electron chi connectivity index (χ0n) is 11.9. The minimum Gasteiger partial charge on any atom is -0.494 e. The molecule has 2 aromatic heterocycles. The average Bonchev–Trinajstić information content (AvgIpc) is 2.91. The van der Waals surface area contributed by atoms with E-state index in [1.54, 1.807) is 0 Å². The summed E-state index contributed by atoms with van der Waals surface area (Å²) >= 11 is 3.47. The molecule has 0 saturated heterocycles. The van der Waals surface area contributed by atoms with Gasteiger partial charge < -0.3 is 9.14 Å². The first-order valence-corrected chi connectivity index (χ1v) is 7.93. The third-order valence-corrected chi connectivity index (χ3v) is 3.80. The lowest BCUT2D eigenvalue weighted by atomic mass is 10.2. The van der Waals surface area contributed by atoms with E-state index in [9.17, 15) is 0 Å². The van der Waals surface area contributed by atoms with Gasteiger partial charge in [0.15, 0.2) is 0 Å². The number of unbranched alkanes of at least 4 members (excludes halogenated alkanes) is 1. The molecule has 0 aliphatic rings. The molecule has 0 radical (unpaired) electrons. The van der Waals surface area contributed by atoms with Crippen LogP contribution in [0.25, 0.3) is 16.9 Å². The van der Waals surface area contributed by atoms with Crippen molar-refractivity contribution in [2.45, 2.75) is 19.8 Å². The van der Waals surface area contributed by atoms with Crippen molar-refractivity contribution < 1.29 is 4.74 Å². The summed E-state index contributed by atoms with van der Waals surface area (Å²) in [5.74, 6) is 0.915. The van der Waals surface area contributed by atoms with Crippen molar-refractivity contribution in [1.82, 2.24) is 9.38 Å². The van der Waals surface area contributed by atoms with E-state index in [1.807, 2.05) is 41.1 Å². The molecule has 0 spiro atoms. The van der Waals surface area contributed by atoms with Crippen LogP contribution in [0.5, 0.6) is 5.75 Å². The topological polar surface area (TPSA) is 26.5 Å². The normalized spacial score (nSPS) is 11.0. The number of halogens is 1. The third-order valence-electron chi connectivity index (χ3n) is 3.33. The zero-order chi connectivity index (χ0) is 14.7. The maximum absolute atomic E-state index is 5.68.